The molecule has 3 rings (SSSR count). The zero-order valence-electron chi connectivity index (χ0n) is 12.7. The van der Waals surface area contributed by atoms with Crippen LogP contribution in [-0.2, 0) is 12.7 Å². The highest BCUT2D eigenvalue weighted by atomic mass is 32.1. The second-order valence-electron chi connectivity index (χ2n) is 5.12. The molecule has 0 aliphatic heterocycles. The molecule has 0 bridgehead atoms. The van der Waals surface area contributed by atoms with Gasteiger partial charge in [0.1, 0.15) is 5.69 Å². The highest BCUT2D eigenvalue weighted by Crippen LogP contribution is 2.33. The molecule has 0 N–H and O–H groups in total. The summed E-state index contributed by atoms with van der Waals surface area (Å²) < 4.78 is 39.2. The third-order valence-electron chi connectivity index (χ3n) is 3.36. The van der Waals surface area contributed by atoms with E-state index in [1.54, 1.807) is 30.3 Å². The van der Waals surface area contributed by atoms with Crippen LogP contribution in [0.1, 0.15) is 11.1 Å². The Morgan fingerprint density at radius 3 is 2.50 bits per heavy atom. The van der Waals surface area contributed by atoms with E-state index in [-0.39, 0.29) is 12.1 Å². The van der Waals surface area contributed by atoms with Gasteiger partial charge in [0.2, 0.25) is 5.13 Å². The number of aromatic nitrogens is 3. The fraction of sp³-hybridized carbons (Fsp3) is 0.188. The van der Waals surface area contributed by atoms with Crippen molar-refractivity contribution in [1.82, 2.24) is 15.2 Å². The fourth-order valence-electron chi connectivity index (χ4n) is 2.22. The molecule has 0 amide bonds. The van der Waals surface area contributed by atoms with E-state index in [1.165, 1.54) is 23.5 Å². The first kappa shape index (κ1) is 16.4. The zero-order chi connectivity index (χ0) is 17.2. The van der Waals surface area contributed by atoms with Crippen LogP contribution in [0.15, 0.2) is 48.7 Å². The summed E-state index contributed by atoms with van der Waals surface area (Å²) in [6.07, 6.45) is -2.72. The normalized spacial score (nSPS) is 11.5. The van der Waals surface area contributed by atoms with Crippen LogP contribution in [0.3, 0.4) is 0 Å². The SMILES string of the molecule is CN(Cc1ccccc1C(F)(F)F)c1nnc(-c2ccccn2)s1. The lowest BCUT2D eigenvalue weighted by molar-refractivity contribution is -0.138. The van der Waals surface area contributed by atoms with E-state index in [9.17, 15) is 13.2 Å². The molecule has 0 aliphatic carbocycles. The molecular weight excluding hydrogens is 337 g/mol. The van der Waals surface area contributed by atoms with E-state index >= 15 is 0 Å². The van der Waals surface area contributed by atoms with E-state index in [1.807, 2.05) is 12.1 Å². The Hall–Kier alpha value is -2.48. The first-order valence-corrected chi connectivity index (χ1v) is 7.88. The van der Waals surface area contributed by atoms with Crippen LogP contribution in [0.25, 0.3) is 10.7 Å². The molecule has 0 radical (unpaired) electrons. The zero-order valence-corrected chi connectivity index (χ0v) is 13.5. The number of hydrogen-bond donors (Lipinski definition) is 0. The fourth-order valence-corrected chi connectivity index (χ4v) is 3.00. The van der Waals surface area contributed by atoms with Gasteiger partial charge in [-0.05, 0) is 23.8 Å². The van der Waals surface area contributed by atoms with Crippen molar-refractivity contribution in [3.8, 4) is 10.7 Å². The lowest BCUT2D eigenvalue weighted by Gasteiger charge is -2.18. The summed E-state index contributed by atoms with van der Waals surface area (Å²) in [6.45, 7) is 0.0898. The van der Waals surface area contributed by atoms with E-state index in [2.05, 4.69) is 15.2 Å². The highest BCUT2D eigenvalue weighted by molar-refractivity contribution is 7.18. The lowest BCUT2D eigenvalue weighted by Crippen LogP contribution is -2.19. The number of rotatable bonds is 4. The van der Waals surface area contributed by atoms with Crippen LogP contribution in [0.2, 0.25) is 0 Å². The number of hydrogen-bond acceptors (Lipinski definition) is 5. The van der Waals surface area contributed by atoms with Gasteiger partial charge >= 0.3 is 6.18 Å². The molecule has 0 fully saturated rings. The van der Waals surface area contributed by atoms with Gasteiger partial charge in [-0.15, -0.1) is 10.2 Å². The van der Waals surface area contributed by atoms with Crippen molar-refractivity contribution in [2.45, 2.75) is 12.7 Å². The lowest BCUT2D eigenvalue weighted by atomic mass is 10.1. The quantitative estimate of drug-likeness (QED) is 0.705. The Balaban J connectivity index is 1.82. The van der Waals surface area contributed by atoms with E-state index in [0.29, 0.717) is 15.8 Å². The van der Waals surface area contributed by atoms with Gasteiger partial charge in [0.25, 0.3) is 0 Å². The molecule has 2 aromatic heterocycles. The van der Waals surface area contributed by atoms with Crippen LogP contribution in [0.4, 0.5) is 18.3 Å². The summed E-state index contributed by atoms with van der Waals surface area (Å²) in [5.41, 5.74) is 0.249. The molecule has 0 spiro atoms. The molecule has 3 aromatic rings. The number of halogens is 3. The number of benzene rings is 1. The van der Waals surface area contributed by atoms with Gasteiger partial charge in [-0.3, -0.25) is 4.98 Å². The Kier molecular flexibility index (Phi) is 4.48. The van der Waals surface area contributed by atoms with Gasteiger partial charge in [0.05, 0.1) is 5.56 Å². The predicted molar refractivity (Wildman–Crippen MR) is 86.7 cm³/mol. The van der Waals surface area contributed by atoms with E-state index in [0.717, 1.165) is 6.07 Å². The average molecular weight is 350 g/mol. The minimum Gasteiger partial charge on any atom is -0.345 e. The van der Waals surface area contributed by atoms with Crippen molar-refractivity contribution in [2.75, 3.05) is 11.9 Å². The molecule has 0 aliphatic rings. The minimum absolute atomic E-state index is 0.0898. The summed E-state index contributed by atoms with van der Waals surface area (Å²) >= 11 is 1.29. The minimum atomic E-state index is -4.38. The summed E-state index contributed by atoms with van der Waals surface area (Å²) in [7, 11) is 1.69. The molecule has 124 valence electrons. The van der Waals surface area contributed by atoms with Gasteiger partial charge < -0.3 is 4.90 Å². The van der Waals surface area contributed by atoms with Crippen molar-refractivity contribution >= 4 is 16.5 Å². The summed E-state index contributed by atoms with van der Waals surface area (Å²) in [6, 6.07) is 11.0. The smallest absolute Gasteiger partial charge is 0.345 e. The molecule has 4 nitrogen and oxygen atoms in total. The summed E-state index contributed by atoms with van der Waals surface area (Å²) in [5.74, 6) is 0. The number of pyridine rings is 1. The number of alkyl halides is 3. The van der Waals surface area contributed by atoms with E-state index < -0.39 is 11.7 Å². The van der Waals surface area contributed by atoms with Crippen molar-refractivity contribution in [3.05, 3.63) is 59.8 Å². The molecule has 2 heterocycles. The van der Waals surface area contributed by atoms with Gasteiger partial charge in [-0.1, -0.05) is 35.6 Å². The number of nitrogens with zero attached hydrogens (tertiary/aromatic N) is 4. The monoisotopic (exact) mass is 350 g/mol. The van der Waals surface area contributed by atoms with Gasteiger partial charge in [0.15, 0.2) is 5.01 Å². The van der Waals surface area contributed by atoms with Crippen LogP contribution < -0.4 is 4.90 Å². The summed E-state index contributed by atoms with van der Waals surface area (Å²) in [5, 5.41) is 9.28. The van der Waals surface area contributed by atoms with Crippen molar-refractivity contribution < 1.29 is 13.2 Å². The predicted octanol–water partition coefficient (Wildman–Crippen LogP) is 4.26. The van der Waals surface area contributed by atoms with Crippen molar-refractivity contribution in [2.24, 2.45) is 0 Å². The molecule has 24 heavy (non-hydrogen) atoms. The average Bonchev–Trinajstić information content (AvgIpc) is 3.05. The Labute approximate surface area is 140 Å². The molecular formula is C16H13F3N4S. The van der Waals surface area contributed by atoms with Crippen LogP contribution >= 0.6 is 11.3 Å². The second kappa shape index (κ2) is 6.56. The maximum Gasteiger partial charge on any atom is 0.416 e. The Bertz CT molecular complexity index is 817. The third-order valence-corrected chi connectivity index (χ3v) is 4.42. The first-order chi connectivity index (χ1) is 11.4. The maximum atomic E-state index is 13.1. The van der Waals surface area contributed by atoms with Gasteiger partial charge in [-0.2, -0.15) is 13.2 Å². The van der Waals surface area contributed by atoms with Crippen LogP contribution in [0.5, 0.6) is 0 Å². The molecule has 8 heteroatoms. The van der Waals surface area contributed by atoms with Crippen molar-refractivity contribution in [1.29, 1.82) is 0 Å². The molecule has 0 atom stereocenters. The Morgan fingerprint density at radius 1 is 1.04 bits per heavy atom. The number of anilines is 1. The largest absolute Gasteiger partial charge is 0.416 e. The highest BCUT2D eigenvalue weighted by Gasteiger charge is 2.33. The topological polar surface area (TPSA) is 41.9 Å². The third kappa shape index (κ3) is 3.53. The van der Waals surface area contributed by atoms with Gasteiger partial charge in [0, 0.05) is 19.8 Å². The van der Waals surface area contributed by atoms with Gasteiger partial charge in [-0.25, -0.2) is 0 Å². The second-order valence-corrected chi connectivity index (χ2v) is 6.07. The Morgan fingerprint density at radius 2 is 1.79 bits per heavy atom. The molecule has 0 saturated carbocycles. The molecule has 1 aromatic carbocycles. The van der Waals surface area contributed by atoms with Crippen LogP contribution in [0, 0.1) is 0 Å². The summed E-state index contributed by atoms with van der Waals surface area (Å²) in [4.78, 5) is 5.84. The maximum absolute atomic E-state index is 13.1. The van der Waals surface area contributed by atoms with Crippen molar-refractivity contribution in [3.63, 3.8) is 0 Å². The molecule has 0 saturated heterocycles. The standard InChI is InChI=1S/C16H13F3N4S/c1-23(10-11-6-2-3-7-12(11)16(17,18)19)15-22-21-14(24-15)13-8-4-5-9-20-13/h2-9H,10H2,1H3. The molecule has 0 unspecified atom stereocenters. The first-order valence-electron chi connectivity index (χ1n) is 7.06. The van der Waals surface area contributed by atoms with E-state index in [4.69, 9.17) is 0 Å². The van der Waals surface area contributed by atoms with Crippen LogP contribution in [-0.4, -0.2) is 22.2 Å².